The van der Waals surface area contributed by atoms with Gasteiger partial charge in [-0.25, -0.2) is 18.9 Å². The van der Waals surface area contributed by atoms with Gasteiger partial charge in [0.15, 0.2) is 0 Å². The van der Waals surface area contributed by atoms with Crippen LogP contribution in [0, 0.1) is 5.82 Å². The van der Waals surface area contributed by atoms with Gasteiger partial charge < -0.3 is 10.0 Å². The normalized spacial score (nSPS) is 17.5. The summed E-state index contributed by atoms with van der Waals surface area (Å²) in [4.78, 5) is 29.9. The molecule has 1 aromatic carbocycles. The van der Waals surface area contributed by atoms with Crippen molar-refractivity contribution >= 4 is 11.9 Å². The Morgan fingerprint density at radius 3 is 2.65 bits per heavy atom. The van der Waals surface area contributed by atoms with E-state index in [4.69, 9.17) is 0 Å². The predicted octanol–water partition coefficient (Wildman–Crippen LogP) is 2.61. The van der Waals surface area contributed by atoms with Crippen molar-refractivity contribution in [1.82, 2.24) is 19.7 Å². The number of hydrogen-bond donors (Lipinski definition) is 1. The number of nitrogens with zero attached hydrogens (tertiary/aromatic N) is 4. The zero-order valence-corrected chi connectivity index (χ0v) is 14.7. The number of rotatable bonds is 4. The summed E-state index contributed by atoms with van der Waals surface area (Å²) in [5.41, 5.74) is 0.205. The molecule has 1 aromatic heterocycles. The van der Waals surface area contributed by atoms with Crippen molar-refractivity contribution in [1.29, 1.82) is 0 Å². The highest BCUT2D eigenvalue weighted by molar-refractivity contribution is 5.93. The van der Waals surface area contributed by atoms with Crippen molar-refractivity contribution in [3.63, 3.8) is 0 Å². The summed E-state index contributed by atoms with van der Waals surface area (Å²) in [6.45, 7) is 4.09. The largest absolute Gasteiger partial charge is 0.480 e. The molecule has 26 heavy (non-hydrogen) atoms. The summed E-state index contributed by atoms with van der Waals surface area (Å²) in [7, 11) is 0. The predicted molar refractivity (Wildman–Crippen MR) is 91.7 cm³/mol. The van der Waals surface area contributed by atoms with E-state index in [0.717, 1.165) is 12.8 Å². The Bertz CT molecular complexity index is 834. The van der Waals surface area contributed by atoms with E-state index in [1.807, 2.05) is 13.8 Å². The molecule has 1 amide bonds. The maximum atomic E-state index is 14.2. The number of carboxylic acid groups (broad SMARTS) is 1. The second kappa shape index (κ2) is 7.23. The molecule has 1 saturated heterocycles. The Balaban J connectivity index is 2.01. The average molecular weight is 360 g/mol. The molecule has 1 fully saturated rings. The number of aliphatic carboxylic acids is 1. The van der Waals surface area contributed by atoms with Gasteiger partial charge in [0.05, 0.1) is 0 Å². The van der Waals surface area contributed by atoms with Crippen LogP contribution in [0.3, 0.4) is 0 Å². The number of aromatic nitrogens is 3. The number of para-hydroxylation sites is 1. The van der Waals surface area contributed by atoms with Crippen LogP contribution in [0.1, 0.15) is 55.5 Å². The molecule has 1 atom stereocenters. The number of carbonyl (C=O) groups is 2. The van der Waals surface area contributed by atoms with Crippen LogP contribution in [0.4, 0.5) is 4.39 Å². The van der Waals surface area contributed by atoms with Gasteiger partial charge in [0.2, 0.25) is 5.82 Å². The number of carbonyl (C=O) groups excluding carboxylic acids is 1. The lowest BCUT2D eigenvalue weighted by molar-refractivity contribution is -0.143. The monoisotopic (exact) mass is 360 g/mol. The van der Waals surface area contributed by atoms with E-state index in [2.05, 4.69) is 10.1 Å². The van der Waals surface area contributed by atoms with Crippen LogP contribution in [0.2, 0.25) is 0 Å². The van der Waals surface area contributed by atoms with E-state index >= 15 is 0 Å². The van der Waals surface area contributed by atoms with Crippen LogP contribution in [0.25, 0.3) is 5.69 Å². The van der Waals surface area contributed by atoms with Crippen LogP contribution in [-0.4, -0.2) is 49.2 Å². The smallest absolute Gasteiger partial charge is 0.326 e. The Labute approximate surface area is 150 Å². The fourth-order valence-corrected chi connectivity index (χ4v) is 3.15. The number of hydrogen-bond acceptors (Lipinski definition) is 4. The van der Waals surface area contributed by atoms with Crippen molar-refractivity contribution in [2.75, 3.05) is 6.54 Å². The molecule has 2 heterocycles. The molecular weight excluding hydrogens is 339 g/mol. The van der Waals surface area contributed by atoms with Crippen molar-refractivity contribution in [3.05, 3.63) is 41.7 Å². The third-order valence-corrected chi connectivity index (χ3v) is 4.47. The van der Waals surface area contributed by atoms with Gasteiger partial charge in [0.25, 0.3) is 5.91 Å². The molecular formula is C18H21FN4O3. The Hall–Kier alpha value is -2.77. The Morgan fingerprint density at radius 1 is 1.27 bits per heavy atom. The zero-order chi connectivity index (χ0) is 18.8. The minimum Gasteiger partial charge on any atom is -0.480 e. The second-order valence-electron chi connectivity index (χ2n) is 6.66. The Kier molecular flexibility index (Phi) is 5.01. The van der Waals surface area contributed by atoms with Gasteiger partial charge >= 0.3 is 5.97 Å². The fraction of sp³-hybridized carbons (Fsp3) is 0.444. The van der Waals surface area contributed by atoms with Crippen molar-refractivity contribution in [2.45, 2.75) is 45.1 Å². The highest BCUT2D eigenvalue weighted by atomic mass is 19.1. The topological polar surface area (TPSA) is 88.3 Å². The molecule has 3 rings (SSSR count). The highest BCUT2D eigenvalue weighted by Crippen LogP contribution is 2.23. The summed E-state index contributed by atoms with van der Waals surface area (Å²) < 4.78 is 15.5. The van der Waals surface area contributed by atoms with E-state index < -0.39 is 23.7 Å². The summed E-state index contributed by atoms with van der Waals surface area (Å²) in [5, 5.41) is 13.6. The van der Waals surface area contributed by atoms with Crippen LogP contribution in [0.5, 0.6) is 0 Å². The molecule has 2 aromatic rings. The van der Waals surface area contributed by atoms with Crippen LogP contribution in [0.15, 0.2) is 24.3 Å². The summed E-state index contributed by atoms with van der Waals surface area (Å²) in [6.07, 6.45) is 1.90. The van der Waals surface area contributed by atoms with Gasteiger partial charge in [-0.15, -0.1) is 5.10 Å². The summed E-state index contributed by atoms with van der Waals surface area (Å²) in [6, 6.07) is 5.25. The molecule has 1 N–H and O–H groups in total. The first-order valence-electron chi connectivity index (χ1n) is 8.65. The average Bonchev–Trinajstić information content (AvgIpc) is 3.07. The molecule has 0 radical (unpaired) electrons. The molecule has 8 heteroatoms. The quantitative estimate of drug-likeness (QED) is 0.905. The molecule has 7 nitrogen and oxygen atoms in total. The minimum absolute atomic E-state index is 0.0970. The van der Waals surface area contributed by atoms with Gasteiger partial charge in [-0.1, -0.05) is 26.0 Å². The van der Waals surface area contributed by atoms with Gasteiger partial charge in [-0.2, -0.15) is 0 Å². The Morgan fingerprint density at radius 2 is 2.00 bits per heavy atom. The van der Waals surface area contributed by atoms with E-state index in [-0.39, 0.29) is 17.4 Å². The number of carboxylic acids is 1. The molecule has 138 valence electrons. The van der Waals surface area contributed by atoms with E-state index in [9.17, 15) is 19.1 Å². The standard InChI is InChI=1S/C18H21FN4O3/c1-11(2)16-20-15(21-23(16)13-8-4-3-7-12(13)19)17(24)22-10-6-5-9-14(22)18(25)26/h3-4,7-8,11,14H,5-6,9-10H2,1-2H3,(H,25,26). The van der Waals surface area contributed by atoms with Gasteiger partial charge in [0, 0.05) is 12.5 Å². The number of amides is 1. The molecule has 1 unspecified atom stereocenters. The van der Waals surface area contributed by atoms with Gasteiger partial charge in [-0.05, 0) is 31.4 Å². The number of benzene rings is 1. The molecule has 0 aliphatic carbocycles. The lowest BCUT2D eigenvalue weighted by atomic mass is 10.0. The molecule has 0 bridgehead atoms. The first-order valence-corrected chi connectivity index (χ1v) is 8.65. The second-order valence-corrected chi connectivity index (χ2v) is 6.66. The number of likely N-dealkylation sites (tertiary alicyclic amines) is 1. The lowest BCUT2D eigenvalue weighted by Crippen LogP contribution is -2.48. The maximum absolute atomic E-state index is 14.2. The zero-order valence-electron chi connectivity index (χ0n) is 14.7. The van der Waals surface area contributed by atoms with Crippen LogP contribution in [-0.2, 0) is 4.79 Å². The third-order valence-electron chi connectivity index (χ3n) is 4.47. The number of piperidine rings is 1. The van der Waals surface area contributed by atoms with Crippen LogP contribution >= 0.6 is 0 Å². The molecule has 0 spiro atoms. The first-order chi connectivity index (χ1) is 12.4. The van der Waals surface area contributed by atoms with Crippen LogP contribution < -0.4 is 0 Å². The van der Waals surface area contributed by atoms with Crippen molar-refractivity contribution in [3.8, 4) is 5.69 Å². The molecule has 1 aliphatic rings. The molecule has 1 aliphatic heterocycles. The van der Waals surface area contributed by atoms with E-state index in [0.29, 0.717) is 18.8 Å². The molecule has 0 saturated carbocycles. The maximum Gasteiger partial charge on any atom is 0.326 e. The SMILES string of the molecule is CC(C)c1nc(C(=O)N2CCCCC2C(=O)O)nn1-c1ccccc1F. The minimum atomic E-state index is -1.03. The van der Waals surface area contributed by atoms with Crippen molar-refractivity contribution < 1.29 is 19.1 Å². The summed E-state index contributed by atoms with van der Waals surface area (Å²) >= 11 is 0. The van der Waals surface area contributed by atoms with Gasteiger partial charge in [0.1, 0.15) is 23.4 Å². The van der Waals surface area contributed by atoms with Crippen molar-refractivity contribution in [2.24, 2.45) is 0 Å². The third kappa shape index (κ3) is 3.31. The fourth-order valence-electron chi connectivity index (χ4n) is 3.15. The summed E-state index contributed by atoms with van der Waals surface area (Å²) in [5.74, 6) is -1.79. The lowest BCUT2D eigenvalue weighted by Gasteiger charge is -2.31. The highest BCUT2D eigenvalue weighted by Gasteiger charge is 2.35. The first kappa shape index (κ1) is 18.0. The number of halogens is 1. The van der Waals surface area contributed by atoms with E-state index in [1.165, 1.54) is 15.6 Å². The van der Waals surface area contributed by atoms with Gasteiger partial charge in [-0.3, -0.25) is 4.79 Å². The van der Waals surface area contributed by atoms with E-state index in [1.54, 1.807) is 18.2 Å².